The number of phenolic OH excluding ortho intramolecular Hbond substituents is 3. The van der Waals surface area contributed by atoms with Gasteiger partial charge in [0.1, 0.15) is 0 Å². The number of rotatable bonds is 8. The number of ketones is 1. The molecule has 39 heavy (non-hydrogen) atoms. The highest BCUT2D eigenvalue weighted by Crippen LogP contribution is 2.42. The van der Waals surface area contributed by atoms with E-state index >= 15 is 0 Å². The normalized spacial score (nSPS) is 11.6. The van der Waals surface area contributed by atoms with Crippen LogP contribution in [0.1, 0.15) is 57.9 Å². The van der Waals surface area contributed by atoms with Crippen molar-refractivity contribution in [3.8, 4) is 17.2 Å². The maximum atomic E-state index is 13.3. The number of Topliss-reactive ketones (excluding diaryl/α,β-unsaturated/α-hetero) is 1. The third-order valence-corrected chi connectivity index (χ3v) is 8.83. The van der Waals surface area contributed by atoms with Crippen LogP contribution < -0.4 is 0 Å². The number of benzene rings is 4. The predicted molar refractivity (Wildman–Crippen MR) is 151 cm³/mol. The molecule has 0 saturated heterocycles. The summed E-state index contributed by atoms with van der Waals surface area (Å²) in [6.07, 6.45) is -0.116. The predicted octanol–water partition coefficient (Wildman–Crippen LogP) is 6.74. The second-order valence-corrected chi connectivity index (χ2v) is 12.2. The summed E-state index contributed by atoms with van der Waals surface area (Å²) >= 11 is 6.33. The molecule has 6 nitrogen and oxygen atoms in total. The zero-order valence-corrected chi connectivity index (χ0v) is 23.3. The molecule has 3 N–H and O–H groups in total. The number of carbonyl (C=O) groups is 1. The first-order chi connectivity index (χ1) is 18.4. The topological polar surface area (TPSA) is 112 Å². The molecule has 0 amide bonds. The first-order valence-electron chi connectivity index (χ1n) is 12.4. The Bertz CT molecular complexity index is 1660. The van der Waals surface area contributed by atoms with Gasteiger partial charge in [0.25, 0.3) is 0 Å². The molecule has 202 valence electrons. The number of aryl methyl sites for hydroxylation is 1. The van der Waals surface area contributed by atoms with Crippen molar-refractivity contribution in [2.24, 2.45) is 0 Å². The minimum Gasteiger partial charge on any atom is -0.504 e. The lowest BCUT2D eigenvalue weighted by Gasteiger charge is -2.16. The van der Waals surface area contributed by atoms with E-state index in [4.69, 9.17) is 11.6 Å². The van der Waals surface area contributed by atoms with Gasteiger partial charge in [0, 0.05) is 23.4 Å². The SMILES string of the molecule is Cc1ccc(S(=O)(=O)c2ccc(Cl)c(CC(=O)c3cc(Cc4ccccc4C(C)C)c(O)c(O)c3O)c2)cc1. The summed E-state index contributed by atoms with van der Waals surface area (Å²) in [4.78, 5) is 13.4. The molecule has 0 bridgehead atoms. The van der Waals surface area contributed by atoms with Crippen LogP contribution in [0.5, 0.6) is 17.2 Å². The molecule has 4 aromatic rings. The highest BCUT2D eigenvalue weighted by atomic mass is 35.5. The molecular weight excluding hydrogens is 536 g/mol. The highest BCUT2D eigenvalue weighted by molar-refractivity contribution is 7.91. The van der Waals surface area contributed by atoms with Gasteiger partial charge in [0.15, 0.2) is 17.3 Å². The van der Waals surface area contributed by atoms with Crippen LogP contribution in [-0.2, 0) is 22.7 Å². The summed E-state index contributed by atoms with van der Waals surface area (Å²) in [7, 11) is -3.86. The Labute approximate surface area is 233 Å². The summed E-state index contributed by atoms with van der Waals surface area (Å²) in [6.45, 7) is 5.94. The van der Waals surface area contributed by atoms with E-state index in [0.717, 1.165) is 16.7 Å². The van der Waals surface area contributed by atoms with Gasteiger partial charge < -0.3 is 15.3 Å². The van der Waals surface area contributed by atoms with Crippen LogP contribution in [0.2, 0.25) is 5.02 Å². The Kier molecular flexibility index (Phi) is 8.04. The molecule has 0 atom stereocenters. The maximum Gasteiger partial charge on any atom is 0.206 e. The van der Waals surface area contributed by atoms with Gasteiger partial charge in [-0.05, 0) is 65.9 Å². The van der Waals surface area contributed by atoms with Crippen molar-refractivity contribution >= 4 is 27.2 Å². The molecule has 0 heterocycles. The molecule has 0 fully saturated rings. The fourth-order valence-electron chi connectivity index (χ4n) is 4.49. The highest BCUT2D eigenvalue weighted by Gasteiger charge is 2.24. The molecule has 0 aromatic heterocycles. The summed E-state index contributed by atoms with van der Waals surface area (Å²) in [5, 5.41) is 31.7. The Hall–Kier alpha value is -3.81. The van der Waals surface area contributed by atoms with Crippen molar-refractivity contribution in [1.29, 1.82) is 0 Å². The van der Waals surface area contributed by atoms with Crippen LogP contribution in [0.15, 0.2) is 82.6 Å². The fourth-order valence-corrected chi connectivity index (χ4v) is 5.98. The first-order valence-corrected chi connectivity index (χ1v) is 14.2. The number of hydrogen-bond acceptors (Lipinski definition) is 6. The van der Waals surface area contributed by atoms with Gasteiger partial charge in [0.05, 0.1) is 15.4 Å². The standard InChI is InChI=1S/C31H29ClO6S/c1-18(2)25-7-5-4-6-20(25)14-22-16-26(30(35)31(36)29(22)34)28(33)17-21-15-24(12-13-27(21)32)39(37,38)23-10-8-19(3)9-11-23/h4-13,15-16,18,34-36H,14,17H2,1-3H3. The van der Waals surface area contributed by atoms with Crippen LogP contribution in [0.25, 0.3) is 0 Å². The number of aromatic hydroxyl groups is 3. The third kappa shape index (κ3) is 5.79. The molecule has 0 unspecified atom stereocenters. The number of halogens is 1. The van der Waals surface area contributed by atoms with Gasteiger partial charge in [-0.1, -0.05) is 67.4 Å². The van der Waals surface area contributed by atoms with E-state index < -0.39 is 32.9 Å². The van der Waals surface area contributed by atoms with E-state index in [0.29, 0.717) is 0 Å². The molecule has 0 spiro atoms. The number of phenols is 3. The maximum absolute atomic E-state index is 13.3. The minimum atomic E-state index is -3.86. The molecule has 0 saturated carbocycles. The van der Waals surface area contributed by atoms with Crippen LogP contribution in [0.3, 0.4) is 0 Å². The second-order valence-electron chi connectivity index (χ2n) is 9.83. The van der Waals surface area contributed by atoms with Crippen molar-refractivity contribution < 1.29 is 28.5 Å². The molecule has 0 aliphatic carbocycles. The number of hydrogen-bond donors (Lipinski definition) is 3. The summed E-state index contributed by atoms with van der Waals surface area (Å²) in [5.74, 6) is -2.45. The monoisotopic (exact) mass is 564 g/mol. The zero-order chi connectivity index (χ0) is 28.5. The van der Waals surface area contributed by atoms with Gasteiger partial charge in [-0.25, -0.2) is 8.42 Å². The van der Waals surface area contributed by atoms with E-state index in [1.807, 2.05) is 45.0 Å². The summed E-state index contributed by atoms with van der Waals surface area (Å²) in [6, 6.07) is 19.6. The molecule has 4 rings (SSSR count). The van der Waals surface area contributed by atoms with Crippen molar-refractivity contribution in [1.82, 2.24) is 0 Å². The second kappa shape index (κ2) is 11.1. The lowest BCUT2D eigenvalue weighted by molar-refractivity contribution is 0.0989. The van der Waals surface area contributed by atoms with E-state index in [1.165, 1.54) is 36.4 Å². The largest absolute Gasteiger partial charge is 0.504 e. The molecule has 0 aliphatic heterocycles. The van der Waals surface area contributed by atoms with Crippen LogP contribution in [0.4, 0.5) is 0 Å². The molecule has 0 aliphatic rings. The Morgan fingerprint density at radius 1 is 0.795 bits per heavy atom. The van der Waals surface area contributed by atoms with Crippen molar-refractivity contribution in [3.63, 3.8) is 0 Å². The van der Waals surface area contributed by atoms with Crippen LogP contribution in [0, 0.1) is 6.92 Å². The van der Waals surface area contributed by atoms with Gasteiger partial charge in [0.2, 0.25) is 15.6 Å². The van der Waals surface area contributed by atoms with Crippen molar-refractivity contribution in [2.45, 2.75) is 49.3 Å². The molecular formula is C31H29ClO6S. The summed E-state index contributed by atoms with van der Waals surface area (Å²) < 4.78 is 26.3. The van der Waals surface area contributed by atoms with E-state index in [9.17, 15) is 28.5 Å². The number of sulfone groups is 1. The first kappa shape index (κ1) is 28.2. The van der Waals surface area contributed by atoms with Gasteiger partial charge in [-0.15, -0.1) is 0 Å². The minimum absolute atomic E-state index is 0.0256. The molecule has 8 heteroatoms. The molecule has 4 aromatic carbocycles. The molecule has 0 radical (unpaired) electrons. The van der Waals surface area contributed by atoms with Crippen LogP contribution >= 0.6 is 11.6 Å². The Morgan fingerprint density at radius 3 is 2.10 bits per heavy atom. The quantitative estimate of drug-likeness (QED) is 0.161. The van der Waals surface area contributed by atoms with Crippen molar-refractivity contribution in [2.75, 3.05) is 0 Å². The average Bonchev–Trinajstić information content (AvgIpc) is 2.90. The van der Waals surface area contributed by atoms with Gasteiger partial charge >= 0.3 is 0 Å². The van der Waals surface area contributed by atoms with E-state index in [-0.39, 0.29) is 50.3 Å². The smallest absolute Gasteiger partial charge is 0.206 e. The lowest BCUT2D eigenvalue weighted by Crippen LogP contribution is -2.08. The van der Waals surface area contributed by atoms with E-state index in [2.05, 4.69) is 0 Å². The Morgan fingerprint density at radius 2 is 1.44 bits per heavy atom. The van der Waals surface area contributed by atoms with Crippen LogP contribution in [-0.4, -0.2) is 29.5 Å². The Balaban J connectivity index is 1.69. The number of carbonyl (C=O) groups excluding carboxylic acids is 1. The van der Waals surface area contributed by atoms with Gasteiger partial charge in [-0.3, -0.25) is 4.79 Å². The average molecular weight is 565 g/mol. The lowest BCUT2D eigenvalue weighted by atomic mass is 9.91. The van der Waals surface area contributed by atoms with E-state index in [1.54, 1.807) is 12.1 Å². The fraction of sp³-hybridized carbons (Fsp3) is 0.194. The zero-order valence-electron chi connectivity index (χ0n) is 21.8. The third-order valence-electron chi connectivity index (χ3n) is 6.69. The van der Waals surface area contributed by atoms with Crippen molar-refractivity contribution in [3.05, 3.63) is 111 Å². The summed E-state index contributed by atoms with van der Waals surface area (Å²) in [5.41, 5.74) is 3.18. The van der Waals surface area contributed by atoms with Gasteiger partial charge in [-0.2, -0.15) is 0 Å².